The molecule has 1 aliphatic rings. The molecule has 2 aromatic carbocycles. The first-order valence-corrected chi connectivity index (χ1v) is 8.80. The Labute approximate surface area is 160 Å². The number of alkyl halides is 3. The van der Waals surface area contributed by atoms with Gasteiger partial charge in [0.2, 0.25) is 11.8 Å². The zero-order valence-corrected chi connectivity index (χ0v) is 15.1. The molecule has 1 atom stereocenters. The third-order valence-corrected chi connectivity index (χ3v) is 4.41. The highest BCUT2D eigenvalue weighted by Crippen LogP contribution is 2.34. The van der Waals surface area contributed by atoms with Crippen LogP contribution in [0.4, 0.5) is 24.5 Å². The molecule has 0 radical (unpaired) electrons. The highest BCUT2D eigenvalue weighted by atomic mass is 19.4. The van der Waals surface area contributed by atoms with Crippen LogP contribution in [0.25, 0.3) is 0 Å². The Morgan fingerprint density at radius 2 is 1.96 bits per heavy atom. The lowest BCUT2D eigenvalue weighted by molar-refractivity contribution is -0.137. The SMILES string of the molecule is CCOc1ccccc1N1CC(C(=O)Nc2cccc(C(F)(F)F)c2)CC1=O. The van der Waals surface area contributed by atoms with Gasteiger partial charge in [0.1, 0.15) is 5.75 Å². The van der Waals surface area contributed by atoms with Crippen LogP contribution in [-0.4, -0.2) is 25.0 Å². The Bertz CT molecular complexity index is 883. The Morgan fingerprint density at radius 3 is 2.68 bits per heavy atom. The van der Waals surface area contributed by atoms with E-state index < -0.39 is 23.6 Å². The average Bonchev–Trinajstić information content (AvgIpc) is 3.04. The van der Waals surface area contributed by atoms with Crippen LogP contribution in [0.2, 0.25) is 0 Å². The third kappa shape index (κ3) is 4.27. The quantitative estimate of drug-likeness (QED) is 0.834. The van der Waals surface area contributed by atoms with E-state index in [2.05, 4.69) is 5.32 Å². The topological polar surface area (TPSA) is 58.6 Å². The number of halogens is 3. The molecule has 1 heterocycles. The number of rotatable bonds is 5. The van der Waals surface area contributed by atoms with E-state index >= 15 is 0 Å². The molecule has 3 rings (SSSR count). The van der Waals surface area contributed by atoms with Crippen molar-refractivity contribution in [2.24, 2.45) is 5.92 Å². The summed E-state index contributed by atoms with van der Waals surface area (Å²) in [6.07, 6.45) is -4.52. The number of anilines is 2. The van der Waals surface area contributed by atoms with Crippen molar-refractivity contribution < 1.29 is 27.5 Å². The van der Waals surface area contributed by atoms with Crippen LogP contribution >= 0.6 is 0 Å². The Morgan fingerprint density at radius 1 is 1.21 bits per heavy atom. The molecule has 0 spiro atoms. The van der Waals surface area contributed by atoms with Gasteiger partial charge in [0.05, 0.1) is 23.8 Å². The van der Waals surface area contributed by atoms with E-state index in [1.807, 2.05) is 6.92 Å². The number of nitrogens with zero attached hydrogens (tertiary/aromatic N) is 1. The van der Waals surface area contributed by atoms with Crippen LogP contribution in [0.1, 0.15) is 18.9 Å². The van der Waals surface area contributed by atoms with Crippen molar-refractivity contribution in [2.75, 3.05) is 23.4 Å². The van der Waals surface area contributed by atoms with Gasteiger partial charge in [-0.25, -0.2) is 0 Å². The van der Waals surface area contributed by atoms with Gasteiger partial charge < -0.3 is 15.0 Å². The van der Waals surface area contributed by atoms with Crippen LogP contribution < -0.4 is 15.0 Å². The number of hydrogen-bond donors (Lipinski definition) is 1. The first kappa shape index (κ1) is 19.7. The normalized spacial score (nSPS) is 16.9. The van der Waals surface area contributed by atoms with Crippen molar-refractivity contribution >= 4 is 23.2 Å². The Hall–Kier alpha value is -3.03. The monoisotopic (exact) mass is 392 g/mol. The maximum absolute atomic E-state index is 12.8. The summed E-state index contributed by atoms with van der Waals surface area (Å²) < 4.78 is 44.0. The smallest absolute Gasteiger partial charge is 0.416 e. The summed E-state index contributed by atoms with van der Waals surface area (Å²) in [5.41, 5.74) is -0.232. The van der Waals surface area contributed by atoms with Gasteiger partial charge >= 0.3 is 6.18 Å². The number of hydrogen-bond acceptors (Lipinski definition) is 3. The fourth-order valence-electron chi connectivity index (χ4n) is 3.09. The summed E-state index contributed by atoms with van der Waals surface area (Å²) in [5, 5.41) is 2.48. The van der Waals surface area contributed by atoms with Gasteiger partial charge in [-0.05, 0) is 37.3 Å². The van der Waals surface area contributed by atoms with Crippen molar-refractivity contribution in [2.45, 2.75) is 19.5 Å². The van der Waals surface area contributed by atoms with Gasteiger partial charge in [-0.2, -0.15) is 13.2 Å². The second kappa shape index (κ2) is 7.92. The van der Waals surface area contributed by atoms with Crippen molar-refractivity contribution in [1.82, 2.24) is 0 Å². The predicted octanol–water partition coefficient (Wildman–Crippen LogP) is 4.10. The maximum atomic E-state index is 12.8. The molecular formula is C20H19F3N2O3. The molecule has 0 saturated carbocycles. The van der Waals surface area contributed by atoms with E-state index in [4.69, 9.17) is 4.74 Å². The molecule has 2 amide bonds. The lowest BCUT2D eigenvalue weighted by Crippen LogP contribution is -2.28. The first-order valence-electron chi connectivity index (χ1n) is 8.80. The van der Waals surface area contributed by atoms with E-state index in [-0.39, 0.29) is 24.6 Å². The van der Waals surface area contributed by atoms with Crippen molar-refractivity contribution in [3.63, 3.8) is 0 Å². The van der Waals surface area contributed by atoms with Gasteiger partial charge in [0, 0.05) is 18.7 Å². The number of ether oxygens (including phenoxy) is 1. The minimum absolute atomic E-state index is 0.0226. The van der Waals surface area contributed by atoms with E-state index in [9.17, 15) is 22.8 Å². The molecule has 1 N–H and O–H groups in total. The number of amides is 2. The van der Waals surface area contributed by atoms with Crippen LogP contribution in [0, 0.1) is 5.92 Å². The van der Waals surface area contributed by atoms with Crippen LogP contribution in [0.15, 0.2) is 48.5 Å². The summed E-state index contributed by atoms with van der Waals surface area (Å²) in [4.78, 5) is 26.4. The fourth-order valence-corrected chi connectivity index (χ4v) is 3.09. The molecule has 1 fully saturated rings. The zero-order valence-electron chi connectivity index (χ0n) is 15.1. The molecule has 0 bridgehead atoms. The number of benzene rings is 2. The van der Waals surface area contributed by atoms with E-state index in [0.29, 0.717) is 18.0 Å². The minimum Gasteiger partial charge on any atom is -0.492 e. The second-order valence-corrected chi connectivity index (χ2v) is 6.37. The van der Waals surface area contributed by atoms with Crippen molar-refractivity contribution in [1.29, 1.82) is 0 Å². The summed E-state index contributed by atoms with van der Waals surface area (Å²) in [5.74, 6) is -0.866. The summed E-state index contributed by atoms with van der Waals surface area (Å²) in [6, 6.07) is 11.4. The molecule has 1 aliphatic heterocycles. The Kier molecular flexibility index (Phi) is 5.58. The lowest BCUT2D eigenvalue weighted by atomic mass is 10.1. The third-order valence-electron chi connectivity index (χ3n) is 4.41. The first-order chi connectivity index (χ1) is 13.3. The van der Waals surface area contributed by atoms with Crippen LogP contribution in [-0.2, 0) is 15.8 Å². The lowest BCUT2D eigenvalue weighted by Gasteiger charge is -2.20. The minimum atomic E-state index is -4.50. The molecule has 28 heavy (non-hydrogen) atoms. The maximum Gasteiger partial charge on any atom is 0.416 e. The second-order valence-electron chi connectivity index (χ2n) is 6.37. The summed E-state index contributed by atoms with van der Waals surface area (Å²) in [7, 11) is 0. The number of carbonyl (C=O) groups excluding carboxylic acids is 2. The van der Waals surface area contributed by atoms with Crippen molar-refractivity contribution in [3.8, 4) is 5.75 Å². The van der Waals surface area contributed by atoms with Gasteiger partial charge in [0.15, 0.2) is 0 Å². The molecule has 2 aromatic rings. The summed E-state index contributed by atoms with van der Waals surface area (Å²) in [6.45, 7) is 2.39. The molecule has 0 aliphatic carbocycles. The summed E-state index contributed by atoms with van der Waals surface area (Å²) >= 11 is 0. The van der Waals surface area contributed by atoms with E-state index in [0.717, 1.165) is 12.1 Å². The van der Waals surface area contributed by atoms with Crippen molar-refractivity contribution in [3.05, 3.63) is 54.1 Å². The molecule has 0 aromatic heterocycles. The van der Waals surface area contributed by atoms with Gasteiger partial charge in [0.25, 0.3) is 0 Å². The van der Waals surface area contributed by atoms with Gasteiger partial charge in [-0.1, -0.05) is 18.2 Å². The molecule has 1 saturated heterocycles. The molecule has 1 unspecified atom stereocenters. The molecule has 148 valence electrons. The fraction of sp³-hybridized carbons (Fsp3) is 0.300. The molecule has 8 heteroatoms. The van der Waals surface area contributed by atoms with Crippen LogP contribution in [0.3, 0.4) is 0 Å². The average molecular weight is 392 g/mol. The highest BCUT2D eigenvalue weighted by molar-refractivity contribution is 6.04. The number of nitrogens with one attached hydrogen (secondary N) is 1. The number of carbonyl (C=O) groups is 2. The highest BCUT2D eigenvalue weighted by Gasteiger charge is 2.36. The molecule has 5 nitrogen and oxygen atoms in total. The predicted molar refractivity (Wildman–Crippen MR) is 98.1 cm³/mol. The van der Waals surface area contributed by atoms with E-state index in [1.165, 1.54) is 17.0 Å². The standard InChI is InChI=1S/C20H19F3N2O3/c1-2-28-17-9-4-3-8-16(17)25-12-13(10-18(25)26)19(27)24-15-7-5-6-14(11-15)20(21,22)23/h3-9,11,13H,2,10,12H2,1H3,(H,24,27). The molecular weight excluding hydrogens is 373 g/mol. The largest absolute Gasteiger partial charge is 0.492 e. The van der Waals surface area contributed by atoms with E-state index in [1.54, 1.807) is 24.3 Å². The number of para-hydroxylation sites is 2. The van der Waals surface area contributed by atoms with Gasteiger partial charge in [-0.15, -0.1) is 0 Å². The van der Waals surface area contributed by atoms with Crippen LogP contribution in [0.5, 0.6) is 5.75 Å². The zero-order chi connectivity index (χ0) is 20.3. The van der Waals surface area contributed by atoms with Gasteiger partial charge in [-0.3, -0.25) is 9.59 Å². The Balaban J connectivity index is 1.73.